The first kappa shape index (κ1) is 20.7. The quantitative estimate of drug-likeness (QED) is 0.641. The van der Waals surface area contributed by atoms with E-state index in [2.05, 4.69) is 20.7 Å². The fraction of sp³-hybridized carbons (Fsp3) is 0.286. The predicted octanol–water partition coefficient (Wildman–Crippen LogP) is 3.88. The molecular formula is C21H20F3N5O2. The zero-order chi connectivity index (χ0) is 22.0. The van der Waals surface area contributed by atoms with Crippen molar-refractivity contribution < 1.29 is 22.7 Å². The number of methoxy groups -OCH3 is 1. The van der Waals surface area contributed by atoms with Crippen LogP contribution < -0.4 is 15.4 Å². The van der Waals surface area contributed by atoms with Crippen LogP contribution in [0.4, 0.5) is 19.0 Å². The molecule has 31 heavy (non-hydrogen) atoms. The summed E-state index contributed by atoms with van der Waals surface area (Å²) in [6.45, 7) is 0.190. The molecule has 1 aliphatic heterocycles. The standard InChI is InChI=1S/C21H20F3N5O2/c1-31-17-7-3-2-6-14(17)16-9-18(21(22,23)24)29-19(28-16)15(12-27-29)20(30)26-11-13-5-4-8-25-10-13/h2-8,10,12,16,18,28H,9,11H2,1H3,(H,26,30)/t16-,18-/m0/s1. The summed E-state index contributed by atoms with van der Waals surface area (Å²) in [5.41, 5.74) is 1.39. The number of rotatable bonds is 5. The van der Waals surface area contributed by atoms with Gasteiger partial charge in [-0.3, -0.25) is 9.78 Å². The second-order valence-corrected chi connectivity index (χ2v) is 7.13. The average Bonchev–Trinajstić information content (AvgIpc) is 3.20. The van der Waals surface area contributed by atoms with Crippen LogP contribution in [-0.2, 0) is 6.54 Å². The maximum absolute atomic E-state index is 13.8. The van der Waals surface area contributed by atoms with Gasteiger partial charge in [-0.15, -0.1) is 0 Å². The summed E-state index contributed by atoms with van der Waals surface area (Å²) in [4.78, 5) is 16.7. The first-order valence-corrected chi connectivity index (χ1v) is 9.59. The van der Waals surface area contributed by atoms with Crippen LogP contribution in [-0.4, -0.2) is 34.0 Å². The van der Waals surface area contributed by atoms with Crippen LogP contribution in [0.25, 0.3) is 0 Å². The van der Waals surface area contributed by atoms with Gasteiger partial charge in [-0.2, -0.15) is 18.3 Å². The number of anilines is 1. The molecule has 1 amide bonds. The number of nitrogens with one attached hydrogen (secondary N) is 2. The Labute approximate surface area is 176 Å². The number of fused-ring (bicyclic) bond motifs is 1. The fourth-order valence-electron chi connectivity index (χ4n) is 3.67. The molecule has 0 fully saturated rings. The van der Waals surface area contributed by atoms with Crippen LogP contribution in [0.5, 0.6) is 5.75 Å². The molecule has 0 unspecified atom stereocenters. The van der Waals surface area contributed by atoms with Crippen LogP contribution in [0.3, 0.4) is 0 Å². The Balaban J connectivity index is 1.65. The second-order valence-electron chi connectivity index (χ2n) is 7.13. The summed E-state index contributed by atoms with van der Waals surface area (Å²) in [5, 5.41) is 9.65. The highest BCUT2D eigenvalue weighted by atomic mass is 19.4. The lowest BCUT2D eigenvalue weighted by molar-refractivity contribution is -0.173. The van der Waals surface area contributed by atoms with E-state index in [1.165, 1.54) is 7.11 Å². The molecule has 2 N–H and O–H groups in total. The second kappa shape index (κ2) is 8.29. The molecule has 4 rings (SSSR count). The van der Waals surface area contributed by atoms with Crippen molar-refractivity contribution in [2.45, 2.75) is 31.2 Å². The number of halogens is 3. The predicted molar refractivity (Wildman–Crippen MR) is 107 cm³/mol. The first-order chi connectivity index (χ1) is 14.9. The van der Waals surface area contributed by atoms with Gasteiger partial charge < -0.3 is 15.4 Å². The zero-order valence-electron chi connectivity index (χ0n) is 16.6. The SMILES string of the molecule is COc1ccccc1[C@@H]1C[C@@H](C(F)(F)F)n2ncc(C(=O)NCc3cccnc3)c2N1. The van der Waals surface area contributed by atoms with Gasteiger partial charge >= 0.3 is 6.18 Å². The summed E-state index contributed by atoms with van der Waals surface area (Å²) >= 11 is 0. The van der Waals surface area contributed by atoms with Crippen LogP contribution in [0.1, 0.15) is 40.0 Å². The summed E-state index contributed by atoms with van der Waals surface area (Å²) in [6.07, 6.45) is -0.450. The first-order valence-electron chi connectivity index (χ1n) is 9.59. The molecule has 0 saturated carbocycles. The highest BCUT2D eigenvalue weighted by Crippen LogP contribution is 2.45. The number of ether oxygens (including phenoxy) is 1. The lowest BCUT2D eigenvalue weighted by Crippen LogP contribution is -2.36. The van der Waals surface area contributed by atoms with Gasteiger partial charge in [0.1, 0.15) is 17.1 Å². The molecule has 3 aromatic rings. The Kier molecular flexibility index (Phi) is 5.53. The molecule has 2 aromatic heterocycles. The average molecular weight is 431 g/mol. The minimum Gasteiger partial charge on any atom is -0.496 e. The highest BCUT2D eigenvalue weighted by Gasteiger charge is 2.47. The molecule has 0 radical (unpaired) electrons. The van der Waals surface area contributed by atoms with E-state index in [1.54, 1.807) is 48.8 Å². The molecule has 0 aliphatic carbocycles. The summed E-state index contributed by atoms with van der Waals surface area (Å²) < 4.78 is 47.7. The molecule has 3 heterocycles. The van der Waals surface area contributed by atoms with Gasteiger partial charge in [-0.05, 0) is 17.7 Å². The van der Waals surface area contributed by atoms with Crippen molar-refractivity contribution in [1.29, 1.82) is 0 Å². The number of benzene rings is 1. The normalized spacial score (nSPS) is 18.1. The van der Waals surface area contributed by atoms with E-state index in [0.29, 0.717) is 11.3 Å². The van der Waals surface area contributed by atoms with E-state index in [9.17, 15) is 18.0 Å². The van der Waals surface area contributed by atoms with E-state index < -0.39 is 24.2 Å². The molecule has 2 atom stereocenters. The molecule has 162 valence electrons. The Morgan fingerprint density at radius 1 is 1.26 bits per heavy atom. The topological polar surface area (TPSA) is 81.1 Å². The number of para-hydroxylation sites is 1. The van der Waals surface area contributed by atoms with Gasteiger partial charge in [0.15, 0.2) is 6.04 Å². The fourth-order valence-corrected chi connectivity index (χ4v) is 3.67. The zero-order valence-corrected chi connectivity index (χ0v) is 16.6. The van der Waals surface area contributed by atoms with E-state index in [0.717, 1.165) is 16.4 Å². The molecular weight excluding hydrogens is 411 g/mol. The van der Waals surface area contributed by atoms with Gasteiger partial charge in [-0.1, -0.05) is 24.3 Å². The number of aromatic nitrogens is 3. The summed E-state index contributed by atoms with van der Waals surface area (Å²) in [6, 6.07) is 7.80. The maximum Gasteiger partial charge on any atom is 0.410 e. The lowest BCUT2D eigenvalue weighted by Gasteiger charge is -2.34. The van der Waals surface area contributed by atoms with Crippen molar-refractivity contribution in [3.63, 3.8) is 0 Å². The van der Waals surface area contributed by atoms with E-state index in [4.69, 9.17) is 4.74 Å². The Morgan fingerprint density at radius 3 is 2.77 bits per heavy atom. The maximum atomic E-state index is 13.8. The molecule has 1 aliphatic rings. The van der Waals surface area contributed by atoms with Crippen molar-refractivity contribution in [1.82, 2.24) is 20.1 Å². The number of amides is 1. The monoisotopic (exact) mass is 431 g/mol. The highest BCUT2D eigenvalue weighted by molar-refractivity contribution is 5.98. The third-order valence-electron chi connectivity index (χ3n) is 5.17. The molecule has 1 aromatic carbocycles. The van der Waals surface area contributed by atoms with E-state index in [-0.39, 0.29) is 24.3 Å². The van der Waals surface area contributed by atoms with Crippen LogP contribution in [0, 0.1) is 0 Å². The Morgan fingerprint density at radius 2 is 2.06 bits per heavy atom. The third kappa shape index (κ3) is 4.18. The lowest BCUT2D eigenvalue weighted by atomic mass is 9.95. The summed E-state index contributed by atoms with van der Waals surface area (Å²) in [5.74, 6) is -0.0381. The number of carbonyl (C=O) groups is 1. The van der Waals surface area contributed by atoms with Crippen LogP contribution in [0.2, 0.25) is 0 Å². The number of hydrogen-bond acceptors (Lipinski definition) is 5. The van der Waals surface area contributed by atoms with Crippen molar-refractivity contribution in [3.05, 3.63) is 71.7 Å². The van der Waals surface area contributed by atoms with Crippen molar-refractivity contribution in [2.75, 3.05) is 12.4 Å². The van der Waals surface area contributed by atoms with Gasteiger partial charge in [0.2, 0.25) is 0 Å². The third-order valence-corrected chi connectivity index (χ3v) is 5.17. The van der Waals surface area contributed by atoms with Crippen LogP contribution in [0.15, 0.2) is 55.0 Å². The number of carbonyl (C=O) groups excluding carboxylic acids is 1. The number of hydrogen-bond donors (Lipinski definition) is 2. The Hall–Kier alpha value is -3.56. The molecule has 0 saturated heterocycles. The van der Waals surface area contributed by atoms with Crippen LogP contribution >= 0.6 is 0 Å². The van der Waals surface area contributed by atoms with Crippen molar-refractivity contribution in [2.24, 2.45) is 0 Å². The van der Waals surface area contributed by atoms with E-state index >= 15 is 0 Å². The Bertz CT molecular complexity index is 1070. The smallest absolute Gasteiger partial charge is 0.410 e. The molecule has 0 spiro atoms. The minimum atomic E-state index is -4.54. The molecule has 10 heteroatoms. The number of nitrogens with zero attached hydrogens (tertiary/aromatic N) is 3. The number of alkyl halides is 3. The van der Waals surface area contributed by atoms with Crippen molar-refractivity contribution in [3.8, 4) is 5.75 Å². The molecule has 7 nitrogen and oxygen atoms in total. The summed E-state index contributed by atoms with van der Waals surface area (Å²) in [7, 11) is 1.46. The van der Waals surface area contributed by atoms with Gasteiger partial charge in [0, 0.05) is 30.9 Å². The van der Waals surface area contributed by atoms with Gasteiger partial charge in [0.25, 0.3) is 5.91 Å². The largest absolute Gasteiger partial charge is 0.496 e. The molecule has 0 bridgehead atoms. The number of pyridine rings is 1. The van der Waals surface area contributed by atoms with E-state index in [1.807, 2.05) is 0 Å². The van der Waals surface area contributed by atoms with Crippen molar-refractivity contribution >= 4 is 11.7 Å². The van der Waals surface area contributed by atoms with Gasteiger partial charge in [-0.25, -0.2) is 4.68 Å². The minimum absolute atomic E-state index is 0.0215. The van der Waals surface area contributed by atoms with Gasteiger partial charge in [0.05, 0.1) is 19.3 Å².